The van der Waals surface area contributed by atoms with Crippen LogP contribution in [0.5, 0.6) is 5.75 Å². The molecule has 0 bridgehead atoms. The van der Waals surface area contributed by atoms with Crippen LogP contribution in [0.4, 0.5) is 0 Å². The number of rotatable bonds is 13. The molecule has 0 aliphatic carbocycles. The van der Waals surface area contributed by atoms with Crippen molar-refractivity contribution in [1.82, 2.24) is 0 Å². The van der Waals surface area contributed by atoms with Crippen molar-refractivity contribution in [2.24, 2.45) is 0 Å². The molecule has 0 saturated carbocycles. The topological polar surface area (TPSA) is 246 Å². The van der Waals surface area contributed by atoms with Gasteiger partial charge in [0.05, 0.1) is 6.61 Å². The van der Waals surface area contributed by atoms with Gasteiger partial charge in [-0.25, -0.2) is 4.79 Å². The fourth-order valence-corrected chi connectivity index (χ4v) is 4.99. The van der Waals surface area contributed by atoms with Gasteiger partial charge in [-0.2, -0.15) is 0 Å². The van der Waals surface area contributed by atoms with Crippen LogP contribution in [0.2, 0.25) is 0 Å². The second-order valence-corrected chi connectivity index (χ2v) is 10.9. The molecule has 2 aliphatic rings. The largest absolute Gasteiger partial charge is 0.508 e. The van der Waals surface area contributed by atoms with Crippen LogP contribution in [0, 0.1) is 0 Å². The average molecular weight is 699 g/mol. The minimum Gasteiger partial charge on any atom is -0.508 e. The lowest BCUT2D eigenvalue weighted by molar-refractivity contribution is -0.384. The molecule has 18 heteroatoms. The van der Waals surface area contributed by atoms with E-state index in [1.165, 1.54) is 30.3 Å². The number of aliphatic hydroxyl groups is 2. The SMILES string of the molecule is CC(=O)OC[C@H]1O[C@H](O[C@]2(COC(C)=O)O[C@H](CO)[C@@H](O)[C@@H]2OC(=O)/C=C\c2ccc(O)cc2)[C@H](OC(C)=O)[C@@H](OC(C)=O)[C@@H]1OC(C)=O. The second-order valence-electron chi connectivity index (χ2n) is 10.9. The van der Waals surface area contributed by atoms with Crippen LogP contribution in [0.25, 0.3) is 6.08 Å². The fourth-order valence-electron chi connectivity index (χ4n) is 4.99. The van der Waals surface area contributed by atoms with E-state index in [1.807, 2.05) is 0 Å². The molecule has 9 atom stereocenters. The van der Waals surface area contributed by atoms with Gasteiger partial charge < -0.3 is 58.0 Å². The molecule has 49 heavy (non-hydrogen) atoms. The molecule has 270 valence electrons. The Bertz CT molecular complexity index is 1390. The van der Waals surface area contributed by atoms with Gasteiger partial charge in [-0.05, 0) is 23.8 Å². The van der Waals surface area contributed by atoms with Crippen molar-refractivity contribution in [3.05, 3.63) is 35.9 Å². The van der Waals surface area contributed by atoms with Crippen molar-refractivity contribution in [3.63, 3.8) is 0 Å². The molecule has 0 amide bonds. The van der Waals surface area contributed by atoms with Crippen molar-refractivity contribution in [2.75, 3.05) is 19.8 Å². The number of phenols is 1. The molecular weight excluding hydrogens is 660 g/mol. The first-order valence-electron chi connectivity index (χ1n) is 14.8. The lowest BCUT2D eigenvalue weighted by Crippen LogP contribution is -2.65. The van der Waals surface area contributed by atoms with Crippen LogP contribution in [0.3, 0.4) is 0 Å². The lowest BCUT2D eigenvalue weighted by Gasteiger charge is -2.46. The number of ether oxygens (including phenoxy) is 9. The Balaban J connectivity index is 2.10. The number of hydrogen-bond donors (Lipinski definition) is 3. The maximum Gasteiger partial charge on any atom is 0.331 e. The third-order valence-corrected chi connectivity index (χ3v) is 6.94. The summed E-state index contributed by atoms with van der Waals surface area (Å²) in [6.45, 7) is 2.75. The highest BCUT2D eigenvalue weighted by molar-refractivity contribution is 5.87. The highest BCUT2D eigenvalue weighted by Gasteiger charge is 2.63. The summed E-state index contributed by atoms with van der Waals surface area (Å²) in [6.07, 6.45) is -11.3. The Hall–Kier alpha value is -4.62. The molecule has 0 unspecified atom stereocenters. The van der Waals surface area contributed by atoms with E-state index >= 15 is 0 Å². The maximum atomic E-state index is 13.0. The van der Waals surface area contributed by atoms with Crippen LogP contribution < -0.4 is 0 Å². The van der Waals surface area contributed by atoms with Gasteiger partial charge in [-0.3, -0.25) is 24.0 Å². The number of carbonyl (C=O) groups excluding carboxylic acids is 6. The van der Waals surface area contributed by atoms with Crippen molar-refractivity contribution in [1.29, 1.82) is 0 Å². The zero-order valence-corrected chi connectivity index (χ0v) is 27.2. The predicted molar refractivity (Wildman–Crippen MR) is 157 cm³/mol. The summed E-state index contributed by atoms with van der Waals surface area (Å²) in [5.74, 6) is -8.03. The smallest absolute Gasteiger partial charge is 0.331 e. The summed E-state index contributed by atoms with van der Waals surface area (Å²) in [4.78, 5) is 73.3. The van der Waals surface area contributed by atoms with Crippen molar-refractivity contribution in [3.8, 4) is 5.75 Å². The second kappa shape index (κ2) is 17.2. The monoisotopic (exact) mass is 698 g/mol. The molecule has 18 nitrogen and oxygen atoms in total. The first-order chi connectivity index (χ1) is 23.0. The fraction of sp³-hybridized carbons (Fsp3) is 0.548. The molecule has 0 spiro atoms. The molecule has 2 saturated heterocycles. The molecule has 2 fully saturated rings. The average Bonchev–Trinajstić information content (AvgIpc) is 3.27. The highest BCUT2D eigenvalue weighted by Crippen LogP contribution is 2.40. The van der Waals surface area contributed by atoms with E-state index in [1.54, 1.807) is 0 Å². The van der Waals surface area contributed by atoms with Crippen LogP contribution in [-0.2, 0) is 71.4 Å². The summed E-state index contributed by atoms with van der Waals surface area (Å²) < 4.78 is 49.8. The number of aromatic hydroxyl groups is 1. The first-order valence-corrected chi connectivity index (χ1v) is 14.8. The molecule has 1 aromatic carbocycles. The Morgan fingerprint density at radius 1 is 0.776 bits per heavy atom. The third kappa shape index (κ3) is 10.7. The number of hydrogen-bond acceptors (Lipinski definition) is 18. The predicted octanol–water partition coefficient (Wildman–Crippen LogP) is -0.572. The Kier molecular flexibility index (Phi) is 13.6. The van der Waals surface area contributed by atoms with Gasteiger partial charge >= 0.3 is 35.8 Å². The quantitative estimate of drug-likeness (QED) is 0.133. The summed E-state index contributed by atoms with van der Waals surface area (Å²) in [7, 11) is 0. The van der Waals surface area contributed by atoms with Crippen LogP contribution >= 0.6 is 0 Å². The molecule has 3 rings (SSSR count). The molecule has 3 N–H and O–H groups in total. The van der Waals surface area contributed by atoms with E-state index in [0.717, 1.165) is 40.7 Å². The molecule has 1 aromatic rings. The minimum atomic E-state index is -2.51. The Morgan fingerprint density at radius 2 is 1.35 bits per heavy atom. The number of phenolic OH excluding ortho intramolecular Hbond substituents is 1. The van der Waals surface area contributed by atoms with Gasteiger partial charge in [-0.1, -0.05) is 12.1 Å². The van der Waals surface area contributed by atoms with Gasteiger partial charge in [0, 0.05) is 40.7 Å². The summed E-state index contributed by atoms with van der Waals surface area (Å²) in [6, 6.07) is 5.73. The minimum absolute atomic E-state index is 0.0180. The zero-order chi connectivity index (χ0) is 36.5. The molecule has 2 heterocycles. The Labute approximate surface area is 279 Å². The van der Waals surface area contributed by atoms with E-state index in [0.29, 0.717) is 5.56 Å². The van der Waals surface area contributed by atoms with Gasteiger partial charge in [0.25, 0.3) is 0 Å². The summed E-state index contributed by atoms with van der Waals surface area (Å²) in [5, 5.41) is 30.6. The molecule has 0 aromatic heterocycles. The van der Waals surface area contributed by atoms with Gasteiger partial charge in [0.15, 0.2) is 24.4 Å². The first kappa shape index (κ1) is 38.8. The van der Waals surface area contributed by atoms with Crippen molar-refractivity contribution < 1.29 is 86.7 Å². The molecule has 0 radical (unpaired) electrons. The van der Waals surface area contributed by atoms with Crippen LogP contribution in [0.15, 0.2) is 30.3 Å². The normalized spacial score (nSPS) is 29.4. The van der Waals surface area contributed by atoms with E-state index in [-0.39, 0.29) is 5.75 Å². The molecule has 2 aliphatic heterocycles. The standard InChI is InChI=1S/C31H38O18/c1-15(33)41-13-23-26(43-17(3)35)27(44-18(4)36)28(45-19(5)37)30(46-23)49-31(14-42-16(2)34)29(25(40)22(12-32)48-31)47-24(39)11-8-20-6-9-21(38)10-7-20/h6-11,22-23,25-30,32,38,40H,12-14H2,1-5H3/b11-8-/t22-,23-,25-,26-,27+,28-,29+,30-,31+/m1/s1. The van der Waals surface area contributed by atoms with Crippen LogP contribution in [0.1, 0.15) is 40.2 Å². The maximum absolute atomic E-state index is 13.0. The van der Waals surface area contributed by atoms with Crippen LogP contribution in [-0.4, -0.2) is 126 Å². The van der Waals surface area contributed by atoms with Gasteiger partial charge in [0.2, 0.25) is 12.1 Å². The number of benzene rings is 1. The third-order valence-electron chi connectivity index (χ3n) is 6.94. The summed E-state index contributed by atoms with van der Waals surface area (Å²) in [5.41, 5.74) is 0.478. The Morgan fingerprint density at radius 3 is 1.90 bits per heavy atom. The molecular formula is C31H38O18. The highest BCUT2D eigenvalue weighted by atomic mass is 16.8. The number of carbonyl (C=O) groups is 6. The van der Waals surface area contributed by atoms with E-state index in [4.69, 9.17) is 42.6 Å². The number of aliphatic hydroxyl groups excluding tert-OH is 2. The van der Waals surface area contributed by atoms with Gasteiger partial charge in [0.1, 0.15) is 37.3 Å². The summed E-state index contributed by atoms with van der Waals surface area (Å²) >= 11 is 0. The van der Waals surface area contributed by atoms with E-state index in [9.17, 15) is 44.1 Å². The zero-order valence-electron chi connectivity index (χ0n) is 27.2. The van der Waals surface area contributed by atoms with Crippen molar-refractivity contribution >= 4 is 41.9 Å². The number of esters is 6. The lowest BCUT2D eigenvalue weighted by atomic mass is 9.97. The van der Waals surface area contributed by atoms with E-state index in [2.05, 4.69) is 0 Å². The van der Waals surface area contributed by atoms with Crippen molar-refractivity contribution in [2.45, 2.75) is 89.4 Å². The van der Waals surface area contributed by atoms with E-state index < -0.39 is 110 Å². The van der Waals surface area contributed by atoms with Gasteiger partial charge in [-0.15, -0.1) is 0 Å².